The third-order valence-electron chi connectivity index (χ3n) is 2.53. The van der Waals surface area contributed by atoms with Gasteiger partial charge in [0.05, 0.1) is 4.34 Å². The van der Waals surface area contributed by atoms with E-state index in [1.807, 2.05) is 0 Å². The van der Waals surface area contributed by atoms with Crippen LogP contribution in [0.4, 0.5) is 0 Å². The van der Waals surface area contributed by atoms with Crippen LogP contribution in [0.5, 0.6) is 0 Å². The van der Waals surface area contributed by atoms with E-state index in [9.17, 15) is 0 Å². The standard InChI is InChI=1S/C11H18ClNS/c1-3-4-5-6-10-8(2)9(7-13)11(12)14-10/h3-7,13H2,1-2H3. The maximum Gasteiger partial charge on any atom is 0.0978 e. The highest BCUT2D eigenvalue weighted by atomic mass is 35.5. The smallest absolute Gasteiger partial charge is 0.0978 e. The summed E-state index contributed by atoms with van der Waals surface area (Å²) in [6, 6.07) is 0. The molecule has 0 aliphatic carbocycles. The molecule has 0 spiro atoms. The first-order valence-corrected chi connectivity index (χ1v) is 6.36. The average molecular weight is 232 g/mol. The van der Waals surface area contributed by atoms with Gasteiger partial charge in [0.25, 0.3) is 0 Å². The molecule has 0 radical (unpaired) electrons. The molecule has 3 heteroatoms. The van der Waals surface area contributed by atoms with Gasteiger partial charge in [0.1, 0.15) is 0 Å². The largest absolute Gasteiger partial charge is 0.326 e. The van der Waals surface area contributed by atoms with Gasteiger partial charge in [0.15, 0.2) is 0 Å². The Morgan fingerprint density at radius 1 is 1.36 bits per heavy atom. The van der Waals surface area contributed by atoms with E-state index in [1.54, 1.807) is 11.3 Å². The molecule has 1 aromatic rings. The zero-order chi connectivity index (χ0) is 10.6. The van der Waals surface area contributed by atoms with Crippen LogP contribution in [-0.2, 0) is 13.0 Å². The average Bonchev–Trinajstić information content (AvgIpc) is 2.42. The van der Waals surface area contributed by atoms with Crippen LogP contribution in [-0.4, -0.2) is 0 Å². The van der Waals surface area contributed by atoms with E-state index in [0.717, 1.165) is 16.3 Å². The topological polar surface area (TPSA) is 26.0 Å². The number of nitrogens with two attached hydrogens (primary N) is 1. The zero-order valence-electron chi connectivity index (χ0n) is 8.90. The molecule has 1 nitrogen and oxygen atoms in total. The minimum atomic E-state index is 0.564. The monoisotopic (exact) mass is 231 g/mol. The first-order chi connectivity index (χ1) is 6.70. The summed E-state index contributed by atoms with van der Waals surface area (Å²) < 4.78 is 0.886. The van der Waals surface area contributed by atoms with Crippen molar-refractivity contribution in [3.8, 4) is 0 Å². The van der Waals surface area contributed by atoms with Crippen LogP contribution in [0.2, 0.25) is 4.34 Å². The highest BCUT2D eigenvalue weighted by molar-refractivity contribution is 7.16. The molecule has 0 saturated carbocycles. The highest BCUT2D eigenvalue weighted by Gasteiger charge is 2.11. The summed E-state index contributed by atoms with van der Waals surface area (Å²) in [6.07, 6.45) is 4.98. The van der Waals surface area contributed by atoms with Crippen molar-refractivity contribution in [2.75, 3.05) is 0 Å². The Hall–Kier alpha value is -0.0500. The Kier molecular flexibility index (Phi) is 4.93. The molecule has 0 aliphatic rings. The fraction of sp³-hybridized carbons (Fsp3) is 0.636. The lowest BCUT2D eigenvalue weighted by molar-refractivity contribution is 0.720. The van der Waals surface area contributed by atoms with Gasteiger partial charge in [-0.15, -0.1) is 11.3 Å². The molecular weight excluding hydrogens is 214 g/mol. The summed E-state index contributed by atoms with van der Waals surface area (Å²) in [7, 11) is 0. The third kappa shape index (κ3) is 2.72. The van der Waals surface area contributed by atoms with Gasteiger partial charge >= 0.3 is 0 Å². The Morgan fingerprint density at radius 3 is 2.57 bits per heavy atom. The van der Waals surface area contributed by atoms with Gasteiger partial charge in [-0.25, -0.2) is 0 Å². The molecule has 1 aromatic heterocycles. The lowest BCUT2D eigenvalue weighted by atomic mass is 10.1. The Balaban J connectivity index is 2.68. The van der Waals surface area contributed by atoms with Crippen molar-refractivity contribution in [1.82, 2.24) is 0 Å². The molecule has 1 rings (SSSR count). The molecule has 14 heavy (non-hydrogen) atoms. The van der Waals surface area contributed by atoms with Gasteiger partial charge in [0.2, 0.25) is 0 Å². The molecule has 0 bridgehead atoms. The molecule has 0 aliphatic heterocycles. The highest BCUT2D eigenvalue weighted by Crippen LogP contribution is 2.33. The molecular formula is C11H18ClNS. The summed E-state index contributed by atoms with van der Waals surface area (Å²) in [5, 5.41) is 0. The molecule has 0 atom stereocenters. The lowest BCUT2D eigenvalue weighted by Gasteiger charge is -1.99. The minimum absolute atomic E-state index is 0.564. The summed E-state index contributed by atoms with van der Waals surface area (Å²) in [5.41, 5.74) is 8.10. The van der Waals surface area contributed by atoms with Crippen LogP contribution in [0.15, 0.2) is 0 Å². The van der Waals surface area contributed by atoms with Crippen molar-refractivity contribution in [1.29, 1.82) is 0 Å². The summed E-state index contributed by atoms with van der Waals surface area (Å²) in [4.78, 5) is 1.42. The van der Waals surface area contributed by atoms with Crippen molar-refractivity contribution in [3.05, 3.63) is 20.3 Å². The minimum Gasteiger partial charge on any atom is -0.326 e. The number of hydrogen-bond donors (Lipinski definition) is 1. The van der Waals surface area contributed by atoms with Gasteiger partial charge in [-0.2, -0.15) is 0 Å². The van der Waals surface area contributed by atoms with Gasteiger partial charge in [-0.05, 0) is 30.9 Å². The number of aryl methyl sites for hydroxylation is 1. The number of halogens is 1. The molecule has 0 unspecified atom stereocenters. The molecule has 80 valence electrons. The number of thiophene rings is 1. The Labute approximate surface area is 95.3 Å². The van der Waals surface area contributed by atoms with E-state index in [-0.39, 0.29) is 0 Å². The first kappa shape index (κ1) is 12.0. The molecule has 2 N–H and O–H groups in total. The van der Waals surface area contributed by atoms with E-state index in [2.05, 4.69) is 13.8 Å². The predicted octanol–water partition coefficient (Wildman–Crippen LogP) is 3.90. The van der Waals surface area contributed by atoms with Crippen LogP contribution in [0.25, 0.3) is 0 Å². The number of rotatable bonds is 5. The van der Waals surface area contributed by atoms with Gasteiger partial charge in [-0.3, -0.25) is 0 Å². The van der Waals surface area contributed by atoms with Crippen molar-refractivity contribution < 1.29 is 0 Å². The number of hydrogen-bond acceptors (Lipinski definition) is 2. The Bertz CT molecular complexity index is 294. The van der Waals surface area contributed by atoms with Crippen molar-refractivity contribution in [3.63, 3.8) is 0 Å². The van der Waals surface area contributed by atoms with Crippen molar-refractivity contribution in [2.24, 2.45) is 5.73 Å². The summed E-state index contributed by atoms with van der Waals surface area (Å²) >= 11 is 7.80. The second-order valence-electron chi connectivity index (χ2n) is 3.56. The molecule has 0 aromatic carbocycles. The van der Waals surface area contributed by atoms with Crippen LogP contribution in [0, 0.1) is 6.92 Å². The normalized spacial score (nSPS) is 10.9. The van der Waals surface area contributed by atoms with Gasteiger partial charge in [-0.1, -0.05) is 31.4 Å². The fourth-order valence-corrected chi connectivity index (χ4v) is 3.17. The van der Waals surface area contributed by atoms with Crippen molar-refractivity contribution >= 4 is 22.9 Å². The van der Waals surface area contributed by atoms with E-state index < -0.39 is 0 Å². The molecule has 1 heterocycles. The molecule has 0 saturated heterocycles. The van der Waals surface area contributed by atoms with Crippen LogP contribution in [0.1, 0.15) is 42.2 Å². The van der Waals surface area contributed by atoms with Crippen LogP contribution in [0.3, 0.4) is 0 Å². The SMILES string of the molecule is CCCCCc1sc(Cl)c(CN)c1C. The summed E-state index contributed by atoms with van der Waals surface area (Å²) in [5.74, 6) is 0. The lowest BCUT2D eigenvalue weighted by Crippen LogP contribution is -1.97. The molecule has 0 amide bonds. The zero-order valence-corrected chi connectivity index (χ0v) is 10.5. The maximum atomic E-state index is 6.10. The predicted molar refractivity (Wildman–Crippen MR) is 65.2 cm³/mol. The van der Waals surface area contributed by atoms with Crippen LogP contribution >= 0.6 is 22.9 Å². The van der Waals surface area contributed by atoms with E-state index in [4.69, 9.17) is 17.3 Å². The van der Waals surface area contributed by atoms with Gasteiger partial charge < -0.3 is 5.73 Å². The second-order valence-corrected chi connectivity index (χ2v) is 5.27. The number of unbranched alkanes of at least 4 members (excludes halogenated alkanes) is 2. The fourth-order valence-electron chi connectivity index (χ4n) is 1.57. The van der Waals surface area contributed by atoms with Crippen LogP contribution < -0.4 is 5.73 Å². The first-order valence-electron chi connectivity index (χ1n) is 5.17. The summed E-state index contributed by atoms with van der Waals surface area (Å²) in [6.45, 7) is 4.92. The van der Waals surface area contributed by atoms with E-state index >= 15 is 0 Å². The van der Waals surface area contributed by atoms with E-state index in [0.29, 0.717) is 6.54 Å². The molecule has 0 fully saturated rings. The quantitative estimate of drug-likeness (QED) is 0.765. The van der Waals surface area contributed by atoms with E-state index in [1.165, 1.54) is 29.7 Å². The third-order valence-corrected chi connectivity index (χ3v) is 4.17. The maximum absolute atomic E-state index is 6.10. The second kappa shape index (κ2) is 5.74. The van der Waals surface area contributed by atoms with Gasteiger partial charge in [0, 0.05) is 11.4 Å². The Morgan fingerprint density at radius 2 is 2.07 bits per heavy atom. The van der Waals surface area contributed by atoms with Crippen molar-refractivity contribution in [2.45, 2.75) is 46.1 Å².